The molecule has 2 fully saturated rings. The highest BCUT2D eigenvalue weighted by Gasteiger charge is 2.47. The highest BCUT2D eigenvalue weighted by Crippen LogP contribution is 2.38. The van der Waals surface area contributed by atoms with Crippen LogP contribution in [-0.4, -0.2) is 46.1 Å². The van der Waals surface area contributed by atoms with E-state index < -0.39 is 5.41 Å². The molecule has 1 amide bonds. The van der Waals surface area contributed by atoms with Crippen molar-refractivity contribution in [2.75, 3.05) is 13.2 Å². The Balaban J connectivity index is 2.28. The fourth-order valence-corrected chi connectivity index (χ4v) is 3.58. The van der Waals surface area contributed by atoms with Gasteiger partial charge >= 0.3 is 0 Å². The molecule has 0 aromatic rings. The third-order valence-corrected chi connectivity index (χ3v) is 4.81. The summed E-state index contributed by atoms with van der Waals surface area (Å²) in [6, 6.07) is -0.117. The molecule has 1 saturated carbocycles. The van der Waals surface area contributed by atoms with E-state index in [1.807, 2.05) is 0 Å². The van der Waals surface area contributed by atoms with Gasteiger partial charge in [-0.15, -0.1) is 0 Å². The van der Waals surface area contributed by atoms with Crippen LogP contribution in [0.5, 0.6) is 0 Å². The highest BCUT2D eigenvalue weighted by atomic mass is 16.4. The van der Waals surface area contributed by atoms with Crippen LogP contribution in [0.1, 0.15) is 51.4 Å². The Kier molecular flexibility index (Phi) is 4.86. The monoisotopic (exact) mass is 283 g/mol. The number of oxime groups is 1. The van der Waals surface area contributed by atoms with Crippen LogP contribution in [0.25, 0.3) is 0 Å². The second-order valence-electron chi connectivity index (χ2n) is 5.96. The number of rotatable bonds is 3. The summed E-state index contributed by atoms with van der Waals surface area (Å²) in [5, 5.41) is 21.7. The average molecular weight is 283 g/mol. The number of nitrogens with zero attached hydrogens (tertiary/aromatic N) is 2. The van der Waals surface area contributed by atoms with Crippen molar-refractivity contribution in [2.45, 2.75) is 57.4 Å². The van der Waals surface area contributed by atoms with Crippen LogP contribution in [0.15, 0.2) is 5.16 Å². The number of aliphatic hydroxyl groups excluding tert-OH is 1. The van der Waals surface area contributed by atoms with E-state index in [9.17, 15) is 9.90 Å². The first-order valence-corrected chi connectivity index (χ1v) is 7.55. The molecule has 4 N–H and O–H groups in total. The van der Waals surface area contributed by atoms with Gasteiger partial charge in [-0.1, -0.05) is 30.8 Å². The molecule has 0 aromatic carbocycles. The molecule has 20 heavy (non-hydrogen) atoms. The van der Waals surface area contributed by atoms with Gasteiger partial charge in [-0.3, -0.25) is 4.79 Å². The lowest BCUT2D eigenvalue weighted by molar-refractivity contribution is -0.140. The van der Waals surface area contributed by atoms with E-state index in [1.54, 1.807) is 4.90 Å². The van der Waals surface area contributed by atoms with Crippen molar-refractivity contribution in [3.63, 3.8) is 0 Å². The average Bonchev–Trinajstić information content (AvgIpc) is 2.81. The van der Waals surface area contributed by atoms with Crippen LogP contribution < -0.4 is 5.73 Å². The molecule has 0 radical (unpaired) electrons. The van der Waals surface area contributed by atoms with E-state index in [4.69, 9.17) is 10.9 Å². The Bertz CT molecular complexity index is 376. The van der Waals surface area contributed by atoms with Crippen molar-refractivity contribution >= 4 is 11.7 Å². The zero-order valence-corrected chi connectivity index (χ0v) is 11.9. The number of likely N-dealkylation sites (tertiary alicyclic amines) is 1. The van der Waals surface area contributed by atoms with Gasteiger partial charge in [0.1, 0.15) is 5.41 Å². The number of aliphatic hydroxyl groups is 1. The minimum atomic E-state index is -0.872. The Morgan fingerprint density at radius 1 is 1.25 bits per heavy atom. The molecule has 0 aromatic heterocycles. The number of hydrogen-bond acceptors (Lipinski definition) is 4. The number of amidine groups is 1. The van der Waals surface area contributed by atoms with Gasteiger partial charge in [0.2, 0.25) is 5.91 Å². The van der Waals surface area contributed by atoms with Gasteiger partial charge in [-0.05, 0) is 25.7 Å². The fourth-order valence-electron chi connectivity index (χ4n) is 3.58. The summed E-state index contributed by atoms with van der Waals surface area (Å²) >= 11 is 0. The van der Waals surface area contributed by atoms with Crippen LogP contribution in [0.2, 0.25) is 0 Å². The van der Waals surface area contributed by atoms with Crippen LogP contribution in [0.4, 0.5) is 0 Å². The third-order valence-electron chi connectivity index (χ3n) is 4.81. The van der Waals surface area contributed by atoms with E-state index in [-0.39, 0.29) is 24.4 Å². The third kappa shape index (κ3) is 2.61. The second kappa shape index (κ2) is 6.43. The lowest BCUT2D eigenvalue weighted by Crippen LogP contribution is -2.53. The largest absolute Gasteiger partial charge is 0.409 e. The van der Waals surface area contributed by atoms with Crippen LogP contribution >= 0.6 is 0 Å². The van der Waals surface area contributed by atoms with Gasteiger partial charge in [-0.2, -0.15) is 0 Å². The molecule has 0 bridgehead atoms. The quantitative estimate of drug-likeness (QED) is 0.237. The summed E-state index contributed by atoms with van der Waals surface area (Å²) in [5.74, 6) is -0.0285. The lowest BCUT2D eigenvalue weighted by Gasteiger charge is -2.36. The molecule has 2 aliphatic rings. The summed E-state index contributed by atoms with van der Waals surface area (Å²) in [6.45, 7) is 0.641. The maximum atomic E-state index is 13.0. The van der Waals surface area contributed by atoms with E-state index in [1.165, 1.54) is 0 Å². The first-order chi connectivity index (χ1) is 9.65. The summed E-state index contributed by atoms with van der Waals surface area (Å²) < 4.78 is 0. The normalized spacial score (nSPS) is 27.4. The summed E-state index contributed by atoms with van der Waals surface area (Å²) in [6.07, 6.45) is 7.00. The molecule has 6 nitrogen and oxygen atoms in total. The van der Waals surface area contributed by atoms with E-state index in [0.29, 0.717) is 19.4 Å². The van der Waals surface area contributed by atoms with Gasteiger partial charge < -0.3 is 20.9 Å². The van der Waals surface area contributed by atoms with Crippen molar-refractivity contribution in [3.05, 3.63) is 0 Å². The molecule has 0 spiro atoms. The van der Waals surface area contributed by atoms with Gasteiger partial charge in [-0.25, -0.2) is 0 Å². The zero-order chi connectivity index (χ0) is 14.6. The van der Waals surface area contributed by atoms with Crippen molar-refractivity contribution in [1.29, 1.82) is 0 Å². The van der Waals surface area contributed by atoms with E-state index >= 15 is 0 Å². The maximum Gasteiger partial charge on any atom is 0.236 e. The Morgan fingerprint density at radius 2 is 1.90 bits per heavy atom. The smallest absolute Gasteiger partial charge is 0.236 e. The number of nitrogens with two attached hydrogens (primary N) is 1. The molecule has 2 rings (SSSR count). The predicted molar refractivity (Wildman–Crippen MR) is 75.4 cm³/mol. The van der Waals surface area contributed by atoms with Crippen LogP contribution in [0, 0.1) is 5.41 Å². The van der Waals surface area contributed by atoms with E-state index in [2.05, 4.69) is 5.16 Å². The predicted octanol–water partition coefficient (Wildman–Crippen LogP) is 1.06. The number of amides is 1. The molecule has 1 aliphatic carbocycles. The standard InChI is InChI=1S/C14H25N3O3/c15-12(16-20)14(7-3-1-2-4-8-14)13(19)17-9-5-6-11(17)10-18/h11,18,20H,1-10H2,(H2,15,16). The molecule has 1 aliphatic heterocycles. The topological polar surface area (TPSA) is 99.2 Å². The van der Waals surface area contributed by atoms with Crippen molar-refractivity contribution < 1.29 is 15.1 Å². The first kappa shape index (κ1) is 15.1. The molecule has 114 valence electrons. The van der Waals surface area contributed by atoms with Crippen LogP contribution in [0.3, 0.4) is 0 Å². The Morgan fingerprint density at radius 3 is 2.45 bits per heavy atom. The van der Waals surface area contributed by atoms with E-state index in [0.717, 1.165) is 38.5 Å². The van der Waals surface area contributed by atoms with Crippen molar-refractivity contribution in [3.8, 4) is 0 Å². The van der Waals surface area contributed by atoms with Crippen molar-refractivity contribution in [1.82, 2.24) is 4.90 Å². The molecule has 1 heterocycles. The Labute approximate surface area is 119 Å². The fraction of sp³-hybridized carbons (Fsp3) is 0.857. The SMILES string of the molecule is NC(=NO)C1(C(=O)N2CCCC2CO)CCCCCC1. The Hall–Kier alpha value is -1.30. The summed E-state index contributed by atoms with van der Waals surface area (Å²) in [5.41, 5.74) is 5.03. The molecule has 1 atom stereocenters. The molecule has 1 unspecified atom stereocenters. The molecule has 6 heteroatoms. The number of hydrogen-bond donors (Lipinski definition) is 3. The summed E-state index contributed by atoms with van der Waals surface area (Å²) in [7, 11) is 0. The highest BCUT2D eigenvalue weighted by molar-refractivity contribution is 6.06. The number of carbonyl (C=O) groups excluding carboxylic acids is 1. The minimum Gasteiger partial charge on any atom is -0.409 e. The van der Waals surface area contributed by atoms with Gasteiger partial charge in [0, 0.05) is 6.54 Å². The maximum absolute atomic E-state index is 13.0. The van der Waals surface area contributed by atoms with Crippen LogP contribution in [-0.2, 0) is 4.79 Å². The number of carbonyl (C=O) groups is 1. The lowest BCUT2D eigenvalue weighted by atomic mass is 9.77. The van der Waals surface area contributed by atoms with Gasteiger partial charge in [0.15, 0.2) is 5.84 Å². The summed E-state index contributed by atoms with van der Waals surface area (Å²) in [4.78, 5) is 14.7. The minimum absolute atomic E-state index is 0.0159. The van der Waals surface area contributed by atoms with Gasteiger partial charge in [0.05, 0.1) is 12.6 Å². The first-order valence-electron chi connectivity index (χ1n) is 7.55. The van der Waals surface area contributed by atoms with Gasteiger partial charge in [0.25, 0.3) is 0 Å². The zero-order valence-electron chi connectivity index (χ0n) is 11.9. The molecular formula is C14H25N3O3. The molecule has 1 saturated heterocycles. The molecular weight excluding hydrogens is 258 g/mol. The van der Waals surface area contributed by atoms with Crippen molar-refractivity contribution in [2.24, 2.45) is 16.3 Å². The second-order valence-corrected chi connectivity index (χ2v) is 5.96.